The summed E-state index contributed by atoms with van der Waals surface area (Å²) < 4.78 is 0. The van der Waals surface area contributed by atoms with Crippen LogP contribution in [-0.2, 0) is 6.54 Å². The number of nitrogens with two attached hydrogens (primary N) is 1. The highest BCUT2D eigenvalue weighted by molar-refractivity contribution is 5.30. The average Bonchev–Trinajstić information content (AvgIpc) is 2.32. The van der Waals surface area contributed by atoms with Gasteiger partial charge in [0.15, 0.2) is 0 Å². The molecule has 0 heterocycles. The lowest BCUT2D eigenvalue weighted by molar-refractivity contribution is 0.200. The van der Waals surface area contributed by atoms with Crippen molar-refractivity contribution in [3.05, 3.63) is 34.9 Å². The van der Waals surface area contributed by atoms with Gasteiger partial charge in [0.25, 0.3) is 0 Å². The van der Waals surface area contributed by atoms with E-state index in [1.807, 2.05) is 0 Å². The van der Waals surface area contributed by atoms with E-state index >= 15 is 0 Å². The molecule has 0 spiro atoms. The zero-order chi connectivity index (χ0) is 12.8. The first-order chi connectivity index (χ1) is 8.08. The molecule has 0 aliphatic carbocycles. The van der Waals surface area contributed by atoms with Crippen molar-refractivity contribution >= 4 is 0 Å². The minimum absolute atomic E-state index is 0.596. The molecule has 0 aliphatic rings. The maximum Gasteiger partial charge on any atom is 0.0239 e. The second-order valence-electron chi connectivity index (χ2n) is 4.95. The topological polar surface area (TPSA) is 29.3 Å². The van der Waals surface area contributed by atoms with Gasteiger partial charge in [-0.15, -0.1) is 0 Å². The summed E-state index contributed by atoms with van der Waals surface area (Å²) in [5.41, 5.74) is 9.84. The molecule has 0 saturated heterocycles. The Morgan fingerprint density at radius 3 is 2.59 bits per heavy atom. The third-order valence-electron chi connectivity index (χ3n) is 3.51. The fourth-order valence-electron chi connectivity index (χ4n) is 2.07. The number of nitrogens with zero attached hydrogens (tertiary/aromatic N) is 1. The van der Waals surface area contributed by atoms with Crippen LogP contribution in [0.4, 0.5) is 0 Å². The van der Waals surface area contributed by atoms with Gasteiger partial charge in [0.2, 0.25) is 0 Å². The Labute approximate surface area is 106 Å². The Hall–Kier alpha value is -0.860. The standard InChI is InChI=1S/C15H26N2/c1-5-14(4)17(9-8-16)11-15-10-12(2)6-7-13(15)3/h6-7,10,14H,5,8-9,11,16H2,1-4H3. The van der Waals surface area contributed by atoms with Crippen LogP contribution in [0.1, 0.15) is 37.0 Å². The van der Waals surface area contributed by atoms with Gasteiger partial charge in [-0.3, -0.25) is 4.90 Å². The first-order valence-electron chi connectivity index (χ1n) is 6.58. The molecule has 1 aromatic rings. The summed E-state index contributed by atoms with van der Waals surface area (Å²) >= 11 is 0. The smallest absolute Gasteiger partial charge is 0.0239 e. The molecular weight excluding hydrogens is 208 g/mol. The van der Waals surface area contributed by atoms with E-state index in [4.69, 9.17) is 5.73 Å². The highest BCUT2D eigenvalue weighted by atomic mass is 15.2. The summed E-state index contributed by atoms with van der Waals surface area (Å²) in [7, 11) is 0. The van der Waals surface area contributed by atoms with E-state index in [0.29, 0.717) is 6.04 Å². The average molecular weight is 234 g/mol. The van der Waals surface area contributed by atoms with E-state index in [1.54, 1.807) is 0 Å². The highest BCUT2D eigenvalue weighted by Crippen LogP contribution is 2.15. The number of aryl methyl sites for hydroxylation is 2. The minimum Gasteiger partial charge on any atom is -0.329 e. The van der Waals surface area contributed by atoms with Crippen LogP contribution in [0, 0.1) is 13.8 Å². The summed E-state index contributed by atoms with van der Waals surface area (Å²) in [6.07, 6.45) is 1.17. The quantitative estimate of drug-likeness (QED) is 0.820. The summed E-state index contributed by atoms with van der Waals surface area (Å²) in [4.78, 5) is 2.47. The molecule has 1 aromatic carbocycles. The van der Waals surface area contributed by atoms with E-state index in [9.17, 15) is 0 Å². The predicted molar refractivity (Wildman–Crippen MR) is 75.1 cm³/mol. The number of rotatable bonds is 6. The molecule has 0 amide bonds. The van der Waals surface area contributed by atoms with Gasteiger partial charge in [0.1, 0.15) is 0 Å². The number of hydrogen-bond acceptors (Lipinski definition) is 2. The normalized spacial score (nSPS) is 13.1. The van der Waals surface area contributed by atoms with Crippen LogP contribution in [0.25, 0.3) is 0 Å². The molecule has 0 saturated carbocycles. The van der Waals surface area contributed by atoms with Crippen LogP contribution in [-0.4, -0.2) is 24.0 Å². The molecular formula is C15H26N2. The lowest BCUT2D eigenvalue weighted by Crippen LogP contribution is -2.36. The molecule has 1 unspecified atom stereocenters. The molecule has 0 radical (unpaired) electrons. The van der Waals surface area contributed by atoms with Crippen molar-refractivity contribution in [3.8, 4) is 0 Å². The lowest BCUT2D eigenvalue weighted by atomic mass is 10.0. The van der Waals surface area contributed by atoms with E-state index in [-0.39, 0.29) is 0 Å². The fourth-order valence-corrected chi connectivity index (χ4v) is 2.07. The number of benzene rings is 1. The molecule has 1 rings (SSSR count). The van der Waals surface area contributed by atoms with Crippen molar-refractivity contribution < 1.29 is 0 Å². The van der Waals surface area contributed by atoms with Crippen LogP contribution in [0.15, 0.2) is 18.2 Å². The predicted octanol–water partition coefficient (Wildman–Crippen LogP) is 2.86. The van der Waals surface area contributed by atoms with Gasteiger partial charge in [-0.1, -0.05) is 30.7 Å². The van der Waals surface area contributed by atoms with Gasteiger partial charge in [-0.05, 0) is 38.3 Å². The monoisotopic (exact) mass is 234 g/mol. The third kappa shape index (κ3) is 4.14. The summed E-state index contributed by atoms with van der Waals surface area (Å²) in [5.74, 6) is 0. The second-order valence-corrected chi connectivity index (χ2v) is 4.95. The molecule has 2 N–H and O–H groups in total. The Balaban J connectivity index is 2.81. The first kappa shape index (κ1) is 14.2. The van der Waals surface area contributed by atoms with Gasteiger partial charge in [-0.2, -0.15) is 0 Å². The molecule has 0 bridgehead atoms. The maximum atomic E-state index is 5.70. The Morgan fingerprint density at radius 1 is 1.29 bits per heavy atom. The molecule has 17 heavy (non-hydrogen) atoms. The van der Waals surface area contributed by atoms with Crippen LogP contribution < -0.4 is 5.73 Å². The molecule has 2 nitrogen and oxygen atoms in total. The SMILES string of the molecule is CCC(C)N(CCN)Cc1cc(C)ccc1C. The van der Waals surface area contributed by atoms with Gasteiger partial charge >= 0.3 is 0 Å². The summed E-state index contributed by atoms with van der Waals surface area (Å²) in [6, 6.07) is 7.27. The van der Waals surface area contributed by atoms with Gasteiger partial charge in [0.05, 0.1) is 0 Å². The Bertz CT molecular complexity index is 347. The van der Waals surface area contributed by atoms with Crippen molar-refractivity contribution in [2.45, 2.75) is 46.7 Å². The molecule has 1 atom stereocenters. The molecule has 2 heteroatoms. The van der Waals surface area contributed by atoms with Crippen molar-refractivity contribution in [2.24, 2.45) is 5.73 Å². The van der Waals surface area contributed by atoms with Crippen LogP contribution in [0.5, 0.6) is 0 Å². The molecule has 0 aliphatic heterocycles. The van der Waals surface area contributed by atoms with Crippen LogP contribution in [0.3, 0.4) is 0 Å². The molecule has 0 aromatic heterocycles. The van der Waals surface area contributed by atoms with Crippen LogP contribution in [0.2, 0.25) is 0 Å². The number of hydrogen-bond donors (Lipinski definition) is 1. The van der Waals surface area contributed by atoms with Crippen molar-refractivity contribution in [1.82, 2.24) is 4.90 Å². The largest absolute Gasteiger partial charge is 0.329 e. The van der Waals surface area contributed by atoms with E-state index in [2.05, 4.69) is 50.8 Å². The van der Waals surface area contributed by atoms with Crippen molar-refractivity contribution in [1.29, 1.82) is 0 Å². The summed E-state index contributed by atoms with van der Waals surface area (Å²) in [6.45, 7) is 11.6. The van der Waals surface area contributed by atoms with Gasteiger partial charge in [0, 0.05) is 25.7 Å². The lowest BCUT2D eigenvalue weighted by Gasteiger charge is -2.28. The maximum absolute atomic E-state index is 5.70. The third-order valence-corrected chi connectivity index (χ3v) is 3.51. The first-order valence-corrected chi connectivity index (χ1v) is 6.58. The minimum atomic E-state index is 0.596. The zero-order valence-corrected chi connectivity index (χ0v) is 11.7. The van der Waals surface area contributed by atoms with E-state index in [0.717, 1.165) is 19.6 Å². The highest BCUT2D eigenvalue weighted by Gasteiger charge is 2.12. The van der Waals surface area contributed by atoms with Crippen molar-refractivity contribution in [2.75, 3.05) is 13.1 Å². The van der Waals surface area contributed by atoms with Crippen LogP contribution >= 0.6 is 0 Å². The van der Waals surface area contributed by atoms with Gasteiger partial charge in [-0.25, -0.2) is 0 Å². The van der Waals surface area contributed by atoms with Gasteiger partial charge < -0.3 is 5.73 Å². The second kappa shape index (κ2) is 6.77. The molecule has 96 valence electrons. The summed E-state index contributed by atoms with van der Waals surface area (Å²) in [5, 5.41) is 0. The zero-order valence-electron chi connectivity index (χ0n) is 11.7. The Morgan fingerprint density at radius 2 is 2.00 bits per heavy atom. The van der Waals surface area contributed by atoms with E-state index < -0.39 is 0 Å². The Kier molecular flexibility index (Phi) is 5.66. The fraction of sp³-hybridized carbons (Fsp3) is 0.600. The van der Waals surface area contributed by atoms with E-state index in [1.165, 1.54) is 23.1 Å². The van der Waals surface area contributed by atoms with Crippen molar-refractivity contribution in [3.63, 3.8) is 0 Å². The molecule has 0 fully saturated rings.